The van der Waals surface area contributed by atoms with Crippen molar-refractivity contribution in [3.8, 4) is 0 Å². The predicted molar refractivity (Wildman–Crippen MR) is 82.3 cm³/mol. The summed E-state index contributed by atoms with van der Waals surface area (Å²) in [7, 11) is 1.62. The summed E-state index contributed by atoms with van der Waals surface area (Å²) >= 11 is 12.1. The number of aromatic nitrogens is 3. The number of likely N-dealkylation sites (tertiary alicyclic amines) is 1. The summed E-state index contributed by atoms with van der Waals surface area (Å²) in [5, 5.41) is 11.4. The second kappa shape index (κ2) is 6.24. The molecule has 8 heteroatoms. The van der Waals surface area contributed by atoms with E-state index in [1.807, 2.05) is 0 Å². The highest BCUT2D eigenvalue weighted by Gasteiger charge is 2.38. The number of nitrogens with zero attached hydrogens (tertiary/aromatic N) is 3. The van der Waals surface area contributed by atoms with Crippen LogP contribution in [0.25, 0.3) is 0 Å². The molecule has 0 aliphatic carbocycles. The van der Waals surface area contributed by atoms with Gasteiger partial charge in [0.25, 0.3) is 5.91 Å². The fraction of sp³-hybridized carbons (Fsp3) is 0.357. The smallest absolute Gasteiger partial charge is 0.255 e. The number of carbonyl (C=O) groups is 1. The summed E-state index contributed by atoms with van der Waals surface area (Å²) in [5.41, 5.74) is 1.17. The molecule has 3 rings (SSSR count). The molecule has 0 radical (unpaired) electrons. The van der Waals surface area contributed by atoms with E-state index in [2.05, 4.69) is 15.4 Å². The lowest BCUT2D eigenvalue weighted by Gasteiger charge is -2.17. The fourth-order valence-corrected chi connectivity index (χ4v) is 3.05. The van der Waals surface area contributed by atoms with Gasteiger partial charge in [-0.05, 0) is 18.2 Å². The quantitative estimate of drug-likeness (QED) is 0.930. The number of methoxy groups -OCH3 is 1. The zero-order valence-electron chi connectivity index (χ0n) is 11.8. The molecule has 0 bridgehead atoms. The maximum atomic E-state index is 12.7. The van der Waals surface area contributed by atoms with Gasteiger partial charge in [-0.25, -0.2) is 0 Å². The van der Waals surface area contributed by atoms with Crippen molar-refractivity contribution in [2.75, 3.05) is 20.2 Å². The van der Waals surface area contributed by atoms with E-state index in [9.17, 15) is 4.79 Å². The maximum Gasteiger partial charge on any atom is 0.255 e. The van der Waals surface area contributed by atoms with Crippen molar-refractivity contribution in [2.24, 2.45) is 0 Å². The first kappa shape index (κ1) is 15.3. The molecule has 2 heterocycles. The van der Waals surface area contributed by atoms with Crippen LogP contribution in [0.3, 0.4) is 0 Å². The van der Waals surface area contributed by atoms with E-state index in [4.69, 9.17) is 27.9 Å². The van der Waals surface area contributed by atoms with Crippen molar-refractivity contribution in [1.29, 1.82) is 0 Å². The minimum absolute atomic E-state index is 0.0225. The average molecular weight is 341 g/mol. The molecular weight excluding hydrogens is 327 g/mol. The summed E-state index contributed by atoms with van der Waals surface area (Å²) in [5.74, 6) is -0.189. The number of benzene rings is 1. The topological polar surface area (TPSA) is 71.1 Å². The van der Waals surface area contributed by atoms with Gasteiger partial charge in [-0.2, -0.15) is 15.4 Å². The van der Waals surface area contributed by atoms with E-state index >= 15 is 0 Å². The summed E-state index contributed by atoms with van der Waals surface area (Å²) in [4.78, 5) is 14.4. The van der Waals surface area contributed by atoms with Crippen molar-refractivity contribution >= 4 is 29.1 Å². The van der Waals surface area contributed by atoms with Gasteiger partial charge in [-0.3, -0.25) is 4.79 Å². The van der Waals surface area contributed by atoms with Crippen LogP contribution in [-0.4, -0.2) is 52.5 Å². The third kappa shape index (κ3) is 2.82. The first-order valence-corrected chi connectivity index (χ1v) is 7.48. The number of carbonyl (C=O) groups excluding carboxylic acids is 1. The lowest BCUT2D eigenvalue weighted by Crippen LogP contribution is -2.30. The van der Waals surface area contributed by atoms with Gasteiger partial charge >= 0.3 is 0 Å². The highest BCUT2D eigenvalue weighted by Crippen LogP contribution is 2.30. The summed E-state index contributed by atoms with van der Waals surface area (Å²) < 4.78 is 5.48. The van der Waals surface area contributed by atoms with E-state index in [0.717, 1.165) is 5.69 Å². The normalized spacial score (nSPS) is 21.3. The summed E-state index contributed by atoms with van der Waals surface area (Å²) in [6.45, 7) is 0.961. The molecule has 22 heavy (non-hydrogen) atoms. The number of hydrogen-bond acceptors (Lipinski definition) is 4. The highest BCUT2D eigenvalue weighted by atomic mass is 35.5. The van der Waals surface area contributed by atoms with Crippen LogP contribution in [0.1, 0.15) is 22.0 Å². The molecule has 1 amide bonds. The predicted octanol–water partition coefficient (Wildman–Crippen LogP) is 2.37. The van der Waals surface area contributed by atoms with Crippen LogP contribution >= 0.6 is 23.2 Å². The highest BCUT2D eigenvalue weighted by molar-refractivity contribution is 6.35. The number of nitrogens with one attached hydrogen (secondary N) is 1. The molecule has 2 atom stereocenters. The summed E-state index contributed by atoms with van der Waals surface area (Å²) in [6, 6.07) is 4.86. The Labute approximate surface area is 137 Å². The van der Waals surface area contributed by atoms with Crippen molar-refractivity contribution < 1.29 is 9.53 Å². The van der Waals surface area contributed by atoms with Crippen LogP contribution in [0.4, 0.5) is 0 Å². The third-order valence-electron chi connectivity index (χ3n) is 3.83. The minimum atomic E-state index is -0.166. The SMILES string of the molecule is CO[C@@H]1CN(C(=O)c2cc(Cl)ccc2Cl)C[C@H]1c1cn[nH]n1. The minimum Gasteiger partial charge on any atom is -0.379 e. The number of rotatable bonds is 3. The Hall–Kier alpha value is -1.63. The molecule has 1 aromatic heterocycles. The second-order valence-corrected chi connectivity index (χ2v) is 5.95. The molecule has 1 saturated heterocycles. The Bertz CT molecular complexity index is 677. The number of H-pyrrole nitrogens is 1. The molecule has 0 saturated carbocycles. The Morgan fingerprint density at radius 3 is 2.91 bits per heavy atom. The van der Waals surface area contributed by atoms with Gasteiger partial charge in [0.15, 0.2) is 0 Å². The molecule has 1 aromatic carbocycles. The van der Waals surface area contributed by atoms with Crippen LogP contribution in [0, 0.1) is 0 Å². The van der Waals surface area contributed by atoms with E-state index in [1.165, 1.54) is 0 Å². The first-order chi connectivity index (χ1) is 10.6. The number of aromatic amines is 1. The van der Waals surface area contributed by atoms with Crippen LogP contribution in [0.5, 0.6) is 0 Å². The van der Waals surface area contributed by atoms with Gasteiger partial charge in [-0.1, -0.05) is 23.2 Å². The molecule has 1 N–H and O–H groups in total. The van der Waals surface area contributed by atoms with Gasteiger partial charge in [0.05, 0.1) is 34.5 Å². The standard InChI is InChI=1S/C14H14Cl2N4O2/c1-22-13-7-20(6-10(13)12-5-17-19-18-12)14(21)9-4-8(15)2-3-11(9)16/h2-5,10,13H,6-7H2,1H3,(H,17,18,19)/t10-,13+/m0/s1. The Morgan fingerprint density at radius 2 is 2.23 bits per heavy atom. The van der Waals surface area contributed by atoms with Gasteiger partial charge < -0.3 is 9.64 Å². The Morgan fingerprint density at radius 1 is 1.41 bits per heavy atom. The van der Waals surface area contributed by atoms with Crippen molar-refractivity contribution in [3.05, 3.63) is 45.7 Å². The van der Waals surface area contributed by atoms with Crippen LogP contribution in [-0.2, 0) is 4.74 Å². The molecule has 0 unspecified atom stereocenters. The van der Waals surface area contributed by atoms with E-state index in [0.29, 0.717) is 28.7 Å². The van der Waals surface area contributed by atoms with E-state index in [-0.39, 0.29) is 17.9 Å². The lowest BCUT2D eigenvalue weighted by atomic mass is 10.0. The van der Waals surface area contributed by atoms with Gasteiger partial charge in [-0.15, -0.1) is 0 Å². The lowest BCUT2D eigenvalue weighted by molar-refractivity contribution is 0.0714. The zero-order valence-corrected chi connectivity index (χ0v) is 13.3. The second-order valence-electron chi connectivity index (χ2n) is 5.11. The van der Waals surface area contributed by atoms with Crippen LogP contribution < -0.4 is 0 Å². The van der Waals surface area contributed by atoms with Crippen LogP contribution in [0.2, 0.25) is 10.0 Å². The fourth-order valence-electron chi connectivity index (χ4n) is 2.68. The molecule has 6 nitrogen and oxygen atoms in total. The Balaban J connectivity index is 1.84. The van der Waals surface area contributed by atoms with Crippen LogP contribution in [0.15, 0.2) is 24.4 Å². The largest absolute Gasteiger partial charge is 0.379 e. The maximum absolute atomic E-state index is 12.7. The monoisotopic (exact) mass is 340 g/mol. The molecule has 1 aliphatic heterocycles. The third-order valence-corrected chi connectivity index (χ3v) is 4.39. The van der Waals surface area contributed by atoms with E-state index in [1.54, 1.807) is 36.4 Å². The van der Waals surface area contributed by atoms with Crippen molar-refractivity contribution in [3.63, 3.8) is 0 Å². The molecule has 116 valence electrons. The number of hydrogen-bond donors (Lipinski definition) is 1. The van der Waals surface area contributed by atoms with Gasteiger partial charge in [0.2, 0.25) is 0 Å². The van der Waals surface area contributed by atoms with Crippen molar-refractivity contribution in [1.82, 2.24) is 20.3 Å². The average Bonchev–Trinajstić information content (AvgIpc) is 3.17. The summed E-state index contributed by atoms with van der Waals surface area (Å²) in [6.07, 6.45) is 1.52. The Kier molecular flexibility index (Phi) is 4.33. The van der Waals surface area contributed by atoms with Crippen molar-refractivity contribution in [2.45, 2.75) is 12.0 Å². The number of amides is 1. The zero-order chi connectivity index (χ0) is 15.7. The molecular formula is C14H14Cl2N4O2. The first-order valence-electron chi connectivity index (χ1n) is 6.73. The van der Waals surface area contributed by atoms with Gasteiger partial charge in [0, 0.05) is 25.2 Å². The molecule has 2 aromatic rings. The molecule has 1 aliphatic rings. The molecule has 1 fully saturated rings. The van der Waals surface area contributed by atoms with E-state index < -0.39 is 0 Å². The van der Waals surface area contributed by atoms with Gasteiger partial charge in [0.1, 0.15) is 0 Å². The molecule has 0 spiro atoms. The number of ether oxygens (including phenoxy) is 1. The number of halogens is 2.